The van der Waals surface area contributed by atoms with Crippen LogP contribution in [0, 0.1) is 0 Å². The van der Waals surface area contributed by atoms with Crippen molar-refractivity contribution in [3.05, 3.63) is 83.0 Å². The van der Waals surface area contributed by atoms with Crippen LogP contribution in [0.2, 0.25) is 0 Å². The Morgan fingerprint density at radius 3 is 2.19 bits per heavy atom. The zero-order valence-electron chi connectivity index (χ0n) is 20.4. The molecule has 0 spiro atoms. The van der Waals surface area contributed by atoms with Crippen molar-refractivity contribution in [3.63, 3.8) is 0 Å². The maximum atomic E-state index is 13.0. The van der Waals surface area contributed by atoms with E-state index in [1.807, 2.05) is 45.9 Å². The van der Waals surface area contributed by atoms with Gasteiger partial charge < -0.3 is 15.4 Å². The number of anilines is 3. The number of esters is 1. The number of rotatable bonds is 8. The van der Waals surface area contributed by atoms with Crippen molar-refractivity contribution in [2.45, 2.75) is 45.7 Å². The van der Waals surface area contributed by atoms with Gasteiger partial charge in [0.1, 0.15) is 11.4 Å². The normalized spacial score (nSPS) is 11.5. The predicted molar refractivity (Wildman–Crippen MR) is 132 cm³/mol. The molecule has 1 amide bonds. The number of pyridine rings is 1. The summed E-state index contributed by atoms with van der Waals surface area (Å²) in [6, 6.07) is 13.3. The monoisotopic (exact) mass is 499 g/mol. The highest BCUT2D eigenvalue weighted by Gasteiger charge is 2.30. The van der Waals surface area contributed by atoms with Crippen LogP contribution in [0.3, 0.4) is 0 Å². The molecule has 0 fully saturated rings. The molecule has 36 heavy (non-hydrogen) atoms. The van der Waals surface area contributed by atoms with Crippen molar-refractivity contribution in [1.82, 2.24) is 4.98 Å². The number of aromatic nitrogens is 1. The lowest BCUT2D eigenvalue weighted by atomic mass is 9.92. The fraction of sp³-hybridized carbons (Fsp3) is 0.296. The van der Waals surface area contributed by atoms with E-state index in [4.69, 9.17) is 4.74 Å². The van der Waals surface area contributed by atoms with Gasteiger partial charge in [0, 0.05) is 17.6 Å². The first-order valence-corrected chi connectivity index (χ1v) is 11.5. The largest absolute Gasteiger partial charge is 0.452 e. The first-order valence-electron chi connectivity index (χ1n) is 11.5. The van der Waals surface area contributed by atoms with Gasteiger partial charge in [0.15, 0.2) is 6.61 Å². The van der Waals surface area contributed by atoms with Crippen molar-refractivity contribution in [2.75, 3.05) is 17.2 Å². The van der Waals surface area contributed by atoms with Gasteiger partial charge in [0.05, 0.1) is 5.56 Å². The van der Waals surface area contributed by atoms with Crippen molar-refractivity contribution >= 4 is 29.1 Å². The number of ether oxygens (including phenoxy) is 1. The Morgan fingerprint density at radius 1 is 0.944 bits per heavy atom. The second-order valence-electron chi connectivity index (χ2n) is 8.85. The van der Waals surface area contributed by atoms with Crippen LogP contribution in [-0.4, -0.2) is 23.5 Å². The lowest BCUT2D eigenvalue weighted by molar-refractivity contribution is -0.137. The van der Waals surface area contributed by atoms with Gasteiger partial charge in [-0.1, -0.05) is 52.0 Å². The zero-order chi connectivity index (χ0) is 26.5. The highest BCUT2D eigenvalue weighted by atomic mass is 19.4. The third kappa shape index (κ3) is 6.62. The predicted octanol–water partition coefficient (Wildman–Crippen LogP) is 6.89. The van der Waals surface area contributed by atoms with Gasteiger partial charge in [-0.25, -0.2) is 9.78 Å². The van der Waals surface area contributed by atoms with Gasteiger partial charge in [-0.15, -0.1) is 0 Å². The summed E-state index contributed by atoms with van der Waals surface area (Å²) in [5, 5.41) is 5.59. The lowest BCUT2D eigenvalue weighted by Gasteiger charge is -2.20. The van der Waals surface area contributed by atoms with Gasteiger partial charge in [-0.05, 0) is 53.3 Å². The molecule has 2 aromatic carbocycles. The smallest absolute Gasteiger partial charge is 0.416 e. The zero-order valence-corrected chi connectivity index (χ0v) is 20.4. The molecule has 9 heteroatoms. The van der Waals surface area contributed by atoms with Gasteiger partial charge in [-0.3, -0.25) is 4.79 Å². The van der Waals surface area contributed by atoms with E-state index in [0.29, 0.717) is 5.69 Å². The van der Waals surface area contributed by atoms with Crippen molar-refractivity contribution in [3.8, 4) is 0 Å². The Labute approximate surface area is 207 Å². The molecule has 1 heterocycles. The molecule has 3 rings (SSSR count). The molecule has 0 bridgehead atoms. The summed E-state index contributed by atoms with van der Waals surface area (Å²) in [6.07, 6.45) is -3.13. The molecule has 6 nitrogen and oxygen atoms in total. The fourth-order valence-corrected chi connectivity index (χ4v) is 3.66. The summed E-state index contributed by atoms with van der Waals surface area (Å²) in [4.78, 5) is 29.5. The Morgan fingerprint density at radius 2 is 1.58 bits per heavy atom. The number of alkyl halides is 3. The van der Waals surface area contributed by atoms with E-state index in [0.717, 1.165) is 23.3 Å². The number of nitrogens with one attached hydrogen (secondary N) is 2. The molecule has 0 aliphatic carbocycles. The summed E-state index contributed by atoms with van der Waals surface area (Å²) < 4.78 is 44.3. The summed E-state index contributed by atoms with van der Waals surface area (Å²) in [5.41, 5.74) is 1.89. The Bertz CT molecular complexity index is 1210. The molecular weight excluding hydrogens is 471 g/mol. The molecular formula is C27H28F3N3O3. The molecule has 3 aromatic rings. The van der Waals surface area contributed by atoms with Crippen LogP contribution in [0.15, 0.2) is 60.8 Å². The molecule has 2 N–H and O–H groups in total. The number of amides is 1. The Hall–Kier alpha value is -3.88. The second kappa shape index (κ2) is 11.2. The lowest BCUT2D eigenvalue weighted by Crippen LogP contribution is -2.23. The highest BCUT2D eigenvalue weighted by Crippen LogP contribution is 2.33. The molecule has 0 saturated heterocycles. The quantitative estimate of drug-likeness (QED) is 0.330. The minimum absolute atomic E-state index is 0.00878. The van der Waals surface area contributed by atoms with E-state index in [2.05, 4.69) is 15.6 Å². The molecule has 0 aliphatic heterocycles. The Kier molecular flexibility index (Phi) is 8.34. The number of hydrogen-bond donors (Lipinski definition) is 2. The van der Waals surface area contributed by atoms with Crippen LogP contribution in [-0.2, 0) is 15.7 Å². The summed E-state index contributed by atoms with van der Waals surface area (Å²) in [5.74, 6) is -0.999. The van der Waals surface area contributed by atoms with E-state index in [9.17, 15) is 22.8 Å². The molecule has 0 aliphatic rings. The van der Waals surface area contributed by atoms with Crippen LogP contribution in [0.5, 0.6) is 0 Å². The first-order chi connectivity index (χ1) is 17.0. The molecule has 0 unspecified atom stereocenters. The van der Waals surface area contributed by atoms with E-state index in [1.165, 1.54) is 30.5 Å². The standard InChI is InChI=1S/C27H28F3N3O3/c1-16(2)20-10-6-11-21(17(3)4)24(20)33-23(34)15-36-26(35)22-12-7-13-31-25(22)32-19-9-5-8-18(14-19)27(28,29)30/h5-14,16-17H,15H2,1-4H3,(H,31,32)(H,33,34). The van der Waals surface area contributed by atoms with Crippen LogP contribution in [0.1, 0.15) is 66.6 Å². The number of nitrogens with zero attached hydrogens (tertiary/aromatic N) is 1. The second-order valence-corrected chi connectivity index (χ2v) is 8.85. The first kappa shape index (κ1) is 26.7. The van der Waals surface area contributed by atoms with Gasteiger partial charge in [0.2, 0.25) is 0 Å². The number of para-hydroxylation sites is 1. The van der Waals surface area contributed by atoms with Crippen molar-refractivity contribution in [1.29, 1.82) is 0 Å². The molecule has 0 saturated carbocycles. The van der Waals surface area contributed by atoms with Crippen LogP contribution >= 0.6 is 0 Å². The molecule has 0 radical (unpaired) electrons. The molecule has 190 valence electrons. The Balaban J connectivity index is 1.73. The van der Waals surface area contributed by atoms with Gasteiger partial charge >= 0.3 is 12.1 Å². The minimum Gasteiger partial charge on any atom is -0.452 e. The van der Waals surface area contributed by atoms with E-state index in [-0.39, 0.29) is 28.9 Å². The van der Waals surface area contributed by atoms with E-state index >= 15 is 0 Å². The number of benzene rings is 2. The SMILES string of the molecule is CC(C)c1cccc(C(C)C)c1NC(=O)COC(=O)c1cccnc1Nc1cccc(C(F)(F)F)c1. The van der Waals surface area contributed by atoms with E-state index < -0.39 is 30.2 Å². The van der Waals surface area contributed by atoms with Gasteiger partial charge in [0.25, 0.3) is 5.91 Å². The highest BCUT2D eigenvalue weighted by molar-refractivity contribution is 5.99. The average Bonchev–Trinajstić information content (AvgIpc) is 2.82. The number of carbonyl (C=O) groups is 2. The summed E-state index contributed by atoms with van der Waals surface area (Å²) in [7, 11) is 0. The third-order valence-electron chi connectivity index (χ3n) is 5.45. The number of carbonyl (C=O) groups excluding carboxylic acids is 2. The number of hydrogen-bond acceptors (Lipinski definition) is 5. The van der Waals surface area contributed by atoms with Gasteiger partial charge in [-0.2, -0.15) is 13.2 Å². The maximum absolute atomic E-state index is 13.0. The third-order valence-corrected chi connectivity index (χ3v) is 5.45. The molecule has 1 aromatic heterocycles. The summed E-state index contributed by atoms with van der Waals surface area (Å²) >= 11 is 0. The summed E-state index contributed by atoms with van der Waals surface area (Å²) in [6.45, 7) is 7.56. The van der Waals surface area contributed by atoms with Crippen molar-refractivity contribution < 1.29 is 27.5 Å². The van der Waals surface area contributed by atoms with Crippen LogP contribution in [0.25, 0.3) is 0 Å². The average molecular weight is 500 g/mol. The number of halogens is 3. The van der Waals surface area contributed by atoms with Crippen LogP contribution in [0.4, 0.5) is 30.4 Å². The van der Waals surface area contributed by atoms with Crippen LogP contribution < -0.4 is 10.6 Å². The fourth-order valence-electron chi connectivity index (χ4n) is 3.66. The topological polar surface area (TPSA) is 80.3 Å². The molecule has 0 atom stereocenters. The van der Waals surface area contributed by atoms with E-state index in [1.54, 1.807) is 0 Å². The van der Waals surface area contributed by atoms with Crippen molar-refractivity contribution in [2.24, 2.45) is 0 Å². The maximum Gasteiger partial charge on any atom is 0.416 e. The minimum atomic E-state index is -4.51.